The third-order valence-corrected chi connectivity index (χ3v) is 4.04. The molecule has 1 heterocycles. The Hall–Kier alpha value is -0.410. The van der Waals surface area contributed by atoms with Gasteiger partial charge >= 0.3 is 0 Å². The highest BCUT2D eigenvalue weighted by Gasteiger charge is 2.26. The Bertz CT molecular complexity index is 282. The van der Waals surface area contributed by atoms with Crippen LogP contribution in [0.4, 0.5) is 0 Å². The molecule has 0 radical (unpaired) electrons. The van der Waals surface area contributed by atoms with Crippen LogP contribution < -0.4 is 0 Å². The minimum absolute atomic E-state index is 0.126. The van der Waals surface area contributed by atoms with Gasteiger partial charge in [-0.15, -0.1) is 11.8 Å². The first-order chi connectivity index (χ1) is 6.27. The van der Waals surface area contributed by atoms with Crippen molar-refractivity contribution in [2.75, 3.05) is 0 Å². The summed E-state index contributed by atoms with van der Waals surface area (Å²) >= 11 is 1.75. The van der Waals surface area contributed by atoms with E-state index in [1.54, 1.807) is 18.0 Å². The molecule has 1 saturated carbocycles. The van der Waals surface area contributed by atoms with E-state index in [4.69, 9.17) is 4.42 Å². The molecular formula is C10H14O2S. The van der Waals surface area contributed by atoms with Crippen LogP contribution in [-0.4, -0.2) is 16.5 Å². The van der Waals surface area contributed by atoms with Crippen LogP contribution >= 0.6 is 11.8 Å². The Morgan fingerprint density at radius 2 is 2.38 bits per heavy atom. The van der Waals surface area contributed by atoms with E-state index in [-0.39, 0.29) is 6.10 Å². The van der Waals surface area contributed by atoms with E-state index in [1.165, 1.54) is 4.90 Å². The molecule has 0 saturated heterocycles. The molecule has 0 bridgehead atoms. The summed E-state index contributed by atoms with van der Waals surface area (Å²) in [7, 11) is 0. The van der Waals surface area contributed by atoms with Crippen molar-refractivity contribution < 1.29 is 9.52 Å². The Kier molecular flexibility index (Phi) is 2.65. The summed E-state index contributed by atoms with van der Waals surface area (Å²) in [6, 6.07) is 1.98. The molecule has 1 aliphatic rings. The summed E-state index contributed by atoms with van der Waals surface area (Å²) in [6.45, 7) is 1.96. The molecule has 3 heteroatoms. The lowest BCUT2D eigenvalue weighted by Gasteiger charge is -2.12. The van der Waals surface area contributed by atoms with Crippen LogP contribution in [0.2, 0.25) is 0 Å². The van der Waals surface area contributed by atoms with Crippen LogP contribution in [-0.2, 0) is 0 Å². The molecule has 0 aliphatic heterocycles. The smallest absolute Gasteiger partial charge is 0.114 e. The molecule has 2 atom stereocenters. The highest BCUT2D eigenvalue weighted by atomic mass is 32.2. The monoisotopic (exact) mass is 198 g/mol. The number of aliphatic hydroxyl groups excluding tert-OH is 1. The zero-order chi connectivity index (χ0) is 9.26. The van der Waals surface area contributed by atoms with E-state index in [2.05, 4.69) is 0 Å². The highest BCUT2D eigenvalue weighted by Crippen LogP contribution is 2.36. The summed E-state index contributed by atoms with van der Waals surface area (Å²) in [6.07, 6.45) is 4.80. The van der Waals surface area contributed by atoms with Gasteiger partial charge in [-0.05, 0) is 32.3 Å². The van der Waals surface area contributed by atoms with Crippen LogP contribution in [0.3, 0.4) is 0 Å². The number of aliphatic hydroxyl groups is 1. The number of rotatable bonds is 2. The Morgan fingerprint density at radius 3 is 2.92 bits per heavy atom. The maximum atomic E-state index is 9.63. The van der Waals surface area contributed by atoms with Gasteiger partial charge in [0, 0.05) is 10.1 Å². The summed E-state index contributed by atoms with van der Waals surface area (Å²) in [5.74, 6) is 0.962. The summed E-state index contributed by atoms with van der Waals surface area (Å²) in [5, 5.41) is 10.00. The van der Waals surface area contributed by atoms with Crippen LogP contribution in [0.15, 0.2) is 21.6 Å². The molecule has 1 N–H and O–H groups in total. The highest BCUT2D eigenvalue weighted by molar-refractivity contribution is 8.00. The van der Waals surface area contributed by atoms with Gasteiger partial charge in [0.1, 0.15) is 5.76 Å². The van der Waals surface area contributed by atoms with Crippen LogP contribution in [0.25, 0.3) is 0 Å². The first kappa shape index (κ1) is 9.16. The van der Waals surface area contributed by atoms with Gasteiger partial charge in [0.15, 0.2) is 0 Å². The second-order valence-corrected chi connectivity index (χ2v) is 4.78. The van der Waals surface area contributed by atoms with Gasteiger partial charge in [0.05, 0.1) is 12.4 Å². The van der Waals surface area contributed by atoms with E-state index < -0.39 is 0 Å². The van der Waals surface area contributed by atoms with Crippen LogP contribution in [0.1, 0.15) is 25.0 Å². The minimum Gasteiger partial charge on any atom is -0.468 e. The summed E-state index contributed by atoms with van der Waals surface area (Å²) in [4.78, 5) is 1.17. The lowest BCUT2D eigenvalue weighted by molar-refractivity contribution is 0.188. The van der Waals surface area contributed by atoms with Gasteiger partial charge in [-0.2, -0.15) is 0 Å². The molecular weight excluding hydrogens is 184 g/mol. The van der Waals surface area contributed by atoms with Crippen molar-refractivity contribution >= 4 is 11.8 Å². The quantitative estimate of drug-likeness (QED) is 0.793. The Balaban J connectivity index is 2.01. The van der Waals surface area contributed by atoms with Gasteiger partial charge in [-0.25, -0.2) is 0 Å². The first-order valence-electron chi connectivity index (χ1n) is 4.66. The van der Waals surface area contributed by atoms with E-state index >= 15 is 0 Å². The predicted molar refractivity (Wildman–Crippen MR) is 52.9 cm³/mol. The average molecular weight is 198 g/mol. The maximum absolute atomic E-state index is 9.63. The second kappa shape index (κ2) is 3.76. The van der Waals surface area contributed by atoms with Crippen molar-refractivity contribution in [1.82, 2.24) is 0 Å². The lowest BCUT2D eigenvalue weighted by Crippen LogP contribution is -2.14. The molecule has 0 amide bonds. The lowest BCUT2D eigenvalue weighted by atomic mass is 10.3. The van der Waals surface area contributed by atoms with Crippen molar-refractivity contribution in [1.29, 1.82) is 0 Å². The molecule has 0 unspecified atom stereocenters. The summed E-state index contributed by atoms with van der Waals surface area (Å²) < 4.78 is 5.21. The van der Waals surface area contributed by atoms with Crippen molar-refractivity contribution in [3.8, 4) is 0 Å². The fraction of sp³-hybridized carbons (Fsp3) is 0.600. The third-order valence-electron chi connectivity index (χ3n) is 2.51. The topological polar surface area (TPSA) is 33.4 Å². The van der Waals surface area contributed by atoms with Crippen LogP contribution in [0.5, 0.6) is 0 Å². The van der Waals surface area contributed by atoms with Gasteiger partial charge in [0.2, 0.25) is 0 Å². The second-order valence-electron chi connectivity index (χ2n) is 3.50. The van der Waals surface area contributed by atoms with Gasteiger partial charge in [-0.1, -0.05) is 0 Å². The van der Waals surface area contributed by atoms with E-state index in [9.17, 15) is 5.11 Å². The number of thioether (sulfide) groups is 1. The first-order valence-corrected chi connectivity index (χ1v) is 5.54. The van der Waals surface area contributed by atoms with Crippen molar-refractivity contribution in [3.05, 3.63) is 18.1 Å². The normalized spacial score (nSPS) is 28.2. The zero-order valence-corrected chi connectivity index (χ0v) is 8.51. The summed E-state index contributed by atoms with van der Waals surface area (Å²) in [5.41, 5.74) is 0. The van der Waals surface area contributed by atoms with E-state index in [1.807, 2.05) is 13.0 Å². The fourth-order valence-electron chi connectivity index (χ4n) is 1.70. The van der Waals surface area contributed by atoms with Gasteiger partial charge in [0.25, 0.3) is 0 Å². The standard InChI is InChI=1S/C10H14O2S/c1-7-9(5-6-12-7)13-10-4-2-3-8(10)11/h5-6,8,10-11H,2-4H2,1H3/t8-,10-/m1/s1. The molecule has 1 aromatic heterocycles. The molecule has 1 aromatic rings. The molecule has 72 valence electrons. The third kappa shape index (κ3) is 1.92. The Morgan fingerprint density at radius 1 is 1.54 bits per heavy atom. The molecule has 13 heavy (non-hydrogen) atoms. The van der Waals surface area contributed by atoms with E-state index in [0.29, 0.717) is 5.25 Å². The zero-order valence-electron chi connectivity index (χ0n) is 7.69. The number of aryl methyl sites for hydroxylation is 1. The SMILES string of the molecule is Cc1occc1S[C@@H]1CCC[C@H]1O. The average Bonchev–Trinajstić information content (AvgIpc) is 2.65. The molecule has 1 aliphatic carbocycles. The predicted octanol–water partition coefficient (Wildman–Crippen LogP) is 2.59. The van der Waals surface area contributed by atoms with E-state index in [0.717, 1.165) is 25.0 Å². The molecule has 2 nitrogen and oxygen atoms in total. The molecule has 0 spiro atoms. The van der Waals surface area contributed by atoms with Gasteiger partial charge in [-0.3, -0.25) is 0 Å². The molecule has 1 fully saturated rings. The molecule has 0 aromatic carbocycles. The van der Waals surface area contributed by atoms with Gasteiger partial charge < -0.3 is 9.52 Å². The Labute approximate surface area is 82.3 Å². The maximum Gasteiger partial charge on any atom is 0.114 e. The largest absolute Gasteiger partial charge is 0.468 e. The number of hydrogen-bond acceptors (Lipinski definition) is 3. The van der Waals surface area contributed by atoms with Crippen molar-refractivity contribution in [2.45, 2.75) is 42.4 Å². The molecule has 2 rings (SSSR count). The van der Waals surface area contributed by atoms with Crippen molar-refractivity contribution in [2.24, 2.45) is 0 Å². The minimum atomic E-state index is -0.126. The fourth-order valence-corrected chi connectivity index (χ4v) is 2.95. The number of hydrogen-bond donors (Lipinski definition) is 1. The number of furan rings is 1. The van der Waals surface area contributed by atoms with Crippen molar-refractivity contribution in [3.63, 3.8) is 0 Å². The van der Waals surface area contributed by atoms with Crippen LogP contribution in [0, 0.1) is 6.92 Å².